The lowest BCUT2D eigenvalue weighted by atomic mass is 9.95. The lowest BCUT2D eigenvalue weighted by Gasteiger charge is -2.26. The molecule has 1 aromatic carbocycles. The second-order valence-electron chi connectivity index (χ2n) is 8.56. The molecule has 4 rings (SSSR count). The van der Waals surface area contributed by atoms with Crippen LogP contribution in [0.5, 0.6) is 11.5 Å². The molecule has 178 valence electrons. The Morgan fingerprint density at radius 2 is 1.97 bits per heavy atom. The number of hydrogen-bond donors (Lipinski definition) is 2. The number of likely N-dealkylation sites (tertiary alicyclic amines) is 1. The van der Waals surface area contributed by atoms with E-state index in [9.17, 15) is 19.8 Å². The molecule has 34 heavy (non-hydrogen) atoms. The zero-order valence-corrected chi connectivity index (χ0v) is 19.6. The van der Waals surface area contributed by atoms with Crippen molar-refractivity contribution in [1.29, 1.82) is 0 Å². The standard InChI is InChI=1S/C25H28N4O5/c1-15-21(28-12-6-5-8-19(28)26-15)23(31)20-22(16-9-10-17(30)18(14-16)34-4)29(25(33)24(20)32)13-7-11-27(2)3/h5-6,8-10,12,14,22,30-31H,7,11,13H2,1-4H3. The van der Waals surface area contributed by atoms with Gasteiger partial charge in [-0.05, 0) is 63.8 Å². The molecule has 0 spiro atoms. The molecule has 2 N–H and O–H groups in total. The number of amides is 1. The van der Waals surface area contributed by atoms with Gasteiger partial charge in [-0.3, -0.25) is 14.0 Å². The van der Waals surface area contributed by atoms with Crippen LogP contribution in [0.1, 0.15) is 29.4 Å². The van der Waals surface area contributed by atoms with E-state index >= 15 is 0 Å². The summed E-state index contributed by atoms with van der Waals surface area (Å²) in [5.74, 6) is -1.58. The van der Waals surface area contributed by atoms with Gasteiger partial charge < -0.3 is 24.7 Å². The van der Waals surface area contributed by atoms with E-state index in [0.717, 1.165) is 6.54 Å². The van der Waals surface area contributed by atoms with E-state index in [1.54, 1.807) is 41.8 Å². The maximum atomic E-state index is 13.3. The fourth-order valence-corrected chi connectivity index (χ4v) is 4.41. The van der Waals surface area contributed by atoms with Crippen molar-refractivity contribution in [2.75, 3.05) is 34.3 Å². The van der Waals surface area contributed by atoms with Crippen molar-refractivity contribution in [3.8, 4) is 11.5 Å². The number of hydrogen-bond acceptors (Lipinski definition) is 7. The zero-order chi connectivity index (χ0) is 24.6. The van der Waals surface area contributed by atoms with Crippen LogP contribution in [-0.2, 0) is 9.59 Å². The van der Waals surface area contributed by atoms with Crippen molar-refractivity contribution in [3.05, 3.63) is 65.1 Å². The first kappa shape index (κ1) is 23.3. The number of phenolic OH excluding ortho intramolecular Hbond substituents is 1. The summed E-state index contributed by atoms with van der Waals surface area (Å²) in [6.45, 7) is 2.79. The number of imidazole rings is 1. The van der Waals surface area contributed by atoms with Crippen LogP contribution in [0.4, 0.5) is 0 Å². The number of aromatic hydroxyl groups is 1. The Hall–Kier alpha value is -3.85. The molecule has 3 aromatic rings. The average molecular weight is 465 g/mol. The summed E-state index contributed by atoms with van der Waals surface area (Å²) in [5, 5.41) is 21.5. The van der Waals surface area contributed by atoms with E-state index in [-0.39, 0.29) is 22.8 Å². The Balaban J connectivity index is 1.90. The van der Waals surface area contributed by atoms with Gasteiger partial charge in [-0.2, -0.15) is 0 Å². The fourth-order valence-electron chi connectivity index (χ4n) is 4.41. The van der Waals surface area contributed by atoms with Gasteiger partial charge in [0.1, 0.15) is 11.3 Å². The van der Waals surface area contributed by atoms with Crippen molar-refractivity contribution in [1.82, 2.24) is 19.2 Å². The largest absolute Gasteiger partial charge is 0.505 e. The van der Waals surface area contributed by atoms with Crippen LogP contribution in [0, 0.1) is 6.92 Å². The number of phenols is 1. The number of aryl methyl sites for hydroxylation is 1. The smallest absolute Gasteiger partial charge is 0.295 e. The Morgan fingerprint density at radius 3 is 2.68 bits per heavy atom. The second kappa shape index (κ2) is 9.18. The predicted octanol–water partition coefficient (Wildman–Crippen LogP) is 2.73. The molecule has 0 bridgehead atoms. The molecular weight excluding hydrogens is 436 g/mol. The van der Waals surface area contributed by atoms with E-state index in [1.165, 1.54) is 18.1 Å². The number of nitrogens with zero attached hydrogens (tertiary/aromatic N) is 4. The van der Waals surface area contributed by atoms with E-state index in [0.29, 0.717) is 35.6 Å². The quantitative estimate of drug-likeness (QED) is 0.314. The molecule has 1 amide bonds. The number of carbonyl (C=O) groups is 2. The number of pyridine rings is 1. The van der Waals surface area contributed by atoms with Gasteiger partial charge in [0.15, 0.2) is 17.3 Å². The lowest BCUT2D eigenvalue weighted by Crippen LogP contribution is -2.32. The molecule has 2 aromatic heterocycles. The van der Waals surface area contributed by atoms with Gasteiger partial charge in [0.2, 0.25) is 0 Å². The highest BCUT2D eigenvalue weighted by Crippen LogP contribution is 2.42. The van der Waals surface area contributed by atoms with E-state index in [1.807, 2.05) is 25.1 Å². The SMILES string of the molecule is COc1cc(C2C(=C(O)c3c(C)nc4ccccn34)C(=O)C(=O)N2CCCN(C)C)ccc1O. The normalized spacial score (nSPS) is 17.8. The van der Waals surface area contributed by atoms with Gasteiger partial charge in [-0.15, -0.1) is 0 Å². The molecule has 3 heterocycles. The number of rotatable bonds is 7. The van der Waals surface area contributed by atoms with Gasteiger partial charge in [-0.1, -0.05) is 12.1 Å². The summed E-state index contributed by atoms with van der Waals surface area (Å²) in [7, 11) is 5.29. The van der Waals surface area contributed by atoms with Crippen molar-refractivity contribution >= 4 is 23.1 Å². The van der Waals surface area contributed by atoms with Gasteiger partial charge in [-0.25, -0.2) is 4.98 Å². The number of carbonyl (C=O) groups excluding carboxylic acids is 2. The van der Waals surface area contributed by atoms with Crippen molar-refractivity contribution < 1.29 is 24.5 Å². The van der Waals surface area contributed by atoms with E-state index in [2.05, 4.69) is 4.98 Å². The third-order valence-electron chi connectivity index (χ3n) is 5.99. The van der Waals surface area contributed by atoms with E-state index < -0.39 is 17.7 Å². The van der Waals surface area contributed by atoms with E-state index in [4.69, 9.17) is 4.74 Å². The molecule has 9 heteroatoms. The molecule has 1 aliphatic heterocycles. The fraction of sp³-hybridized carbons (Fsp3) is 0.320. The zero-order valence-electron chi connectivity index (χ0n) is 19.6. The number of methoxy groups -OCH3 is 1. The molecule has 0 saturated carbocycles. The Labute approximate surface area is 197 Å². The van der Waals surface area contributed by atoms with Gasteiger partial charge >= 0.3 is 0 Å². The third kappa shape index (κ3) is 3.99. The number of ether oxygens (including phenoxy) is 1. The number of aliphatic hydroxyl groups is 1. The number of aromatic nitrogens is 2. The monoisotopic (exact) mass is 464 g/mol. The van der Waals surface area contributed by atoms with Crippen LogP contribution in [0.3, 0.4) is 0 Å². The first-order valence-electron chi connectivity index (χ1n) is 11.0. The minimum Gasteiger partial charge on any atom is -0.505 e. The highest BCUT2D eigenvalue weighted by molar-refractivity contribution is 6.46. The van der Waals surface area contributed by atoms with Crippen LogP contribution in [-0.4, -0.2) is 75.4 Å². The third-order valence-corrected chi connectivity index (χ3v) is 5.99. The first-order valence-corrected chi connectivity index (χ1v) is 11.0. The summed E-state index contributed by atoms with van der Waals surface area (Å²) in [5.41, 5.74) is 2.04. The summed E-state index contributed by atoms with van der Waals surface area (Å²) in [6.07, 6.45) is 2.39. The van der Waals surface area contributed by atoms with Gasteiger partial charge in [0, 0.05) is 12.7 Å². The second-order valence-corrected chi connectivity index (χ2v) is 8.56. The number of ketones is 1. The van der Waals surface area contributed by atoms with Crippen molar-refractivity contribution in [2.24, 2.45) is 0 Å². The predicted molar refractivity (Wildman–Crippen MR) is 127 cm³/mol. The number of Topliss-reactive ketones (excluding diaryl/α,β-unsaturated/α-hetero) is 1. The van der Waals surface area contributed by atoms with Crippen LogP contribution < -0.4 is 4.74 Å². The highest BCUT2D eigenvalue weighted by Gasteiger charge is 2.46. The Bertz CT molecular complexity index is 1290. The summed E-state index contributed by atoms with van der Waals surface area (Å²) in [6, 6.07) is 9.25. The van der Waals surface area contributed by atoms with Crippen molar-refractivity contribution in [2.45, 2.75) is 19.4 Å². The Morgan fingerprint density at radius 1 is 1.21 bits per heavy atom. The molecule has 1 atom stereocenters. The molecule has 0 radical (unpaired) electrons. The van der Waals surface area contributed by atoms with Crippen LogP contribution >= 0.6 is 0 Å². The first-order chi connectivity index (χ1) is 16.2. The number of benzene rings is 1. The molecule has 1 aliphatic rings. The minimum absolute atomic E-state index is 0.0173. The average Bonchev–Trinajstić information content (AvgIpc) is 3.27. The van der Waals surface area contributed by atoms with Gasteiger partial charge in [0.05, 0.1) is 24.4 Å². The lowest BCUT2D eigenvalue weighted by molar-refractivity contribution is -0.139. The molecule has 1 saturated heterocycles. The number of fused-ring (bicyclic) bond motifs is 1. The number of aliphatic hydroxyl groups excluding tert-OH is 1. The minimum atomic E-state index is -0.842. The summed E-state index contributed by atoms with van der Waals surface area (Å²) >= 11 is 0. The Kier molecular flexibility index (Phi) is 6.30. The summed E-state index contributed by atoms with van der Waals surface area (Å²) < 4.78 is 6.95. The van der Waals surface area contributed by atoms with Crippen LogP contribution in [0.15, 0.2) is 48.2 Å². The van der Waals surface area contributed by atoms with Crippen molar-refractivity contribution in [3.63, 3.8) is 0 Å². The van der Waals surface area contributed by atoms with Crippen LogP contribution in [0.2, 0.25) is 0 Å². The molecule has 0 aliphatic carbocycles. The topological polar surface area (TPSA) is 108 Å². The molecule has 1 unspecified atom stereocenters. The van der Waals surface area contributed by atoms with Crippen LogP contribution in [0.25, 0.3) is 11.4 Å². The van der Waals surface area contributed by atoms with Gasteiger partial charge in [0.25, 0.3) is 11.7 Å². The summed E-state index contributed by atoms with van der Waals surface area (Å²) in [4.78, 5) is 34.4. The molecular formula is C25H28N4O5. The molecule has 9 nitrogen and oxygen atoms in total. The molecule has 1 fully saturated rings. The highest BCUT2D eigenvalue weighted by atomic mass is 16.5. The maximum absolute atomic E-state index is 13.3. The maximum Gasteiger partial charge on any atom is 0.295 e.